The van der Waals surface area contributed by atoms with Gasteiger partial charge in [-0.2, -0.15) is 0 Å². The van der Waals surface area contributed by atoms with Gasteiger partial charge < -0.3 is 10.6 Å². The van der Waals surface area contributed by atoms with Crippen LogP contribution in [0.3, 0.4) is 0 Å². The Morgan fingerprint density at radius 2 is 1.76 bits per heavy atom. The summed E-state index contributed by atoms with van der Waals surface area (Å²) < 4.78 is 0. The van der Waals surface area contributed by atoms with Crippen molar-refractivity contribution in [2.24, 2.45) is 11.7 Å². The van der Waals surface area contributed by atoms with Crippen LogP contribution in [0.15, 0.2) is 30.3 Å². The lowest BCUT2D eigenvalue weighted by molar-refractivity contribution is -0.123. The van der Waals surface area contributed by atoms with Gasteiger partial charge in [-0.25, -0.2) is 9.97 Å². The molecule has 25 heavy (non-hydrogen) atoms. The fraction of sp³-hybridized carbons (Fsp3) is 0.368. The van der Waals surface area contributed by atoms with Crippen molar-refractivity contribution in [3.63, 3.8) is 0 Å². The average molecular weight is 338 g/mol. The highest BCUT2D eigenvalue weighted by Gasteiger charge is 2.27. The Morgan fingerprint density at radius 1 is 1.12 bits per heavy atom. The number of aryl methyl sites for hydroxylation is 2. The van der Waals surface area contributed by atoms with Crippen molar-refractivity contribution in [2.75, 3.05) is 13.1 Å². The maximum Gasteiger partial charge on any atom is 0.253 e. The van der Waals surface area contributed by atoms with Crippen molar-refractivity contribution in [2.45, 2.75) is 26.7 Å². The number of primary amides is 1. The first-order chi connectivity index (χ1) is 11.9. The first-order valence-corrected chi connectivity index (χ1v) is 8.45. The van der Waals surface area contributed by atoms with E-state index in [2.05, 4.69) is 9.97 Å². The van der Waals surface area contributed by atoms with E-state index in [-0.39, 0.29) is 17.7 Å². The molecular formula is C19H22N4O2. The Labute approximate surface area is 147 Å². The number of amides is 2. The van der Waals surface area contributed by atoms with Crippen LogP contribution in [-0.4, -0.2) is 39.8 Å². The maximum absolute atomic E-state index is 12.7. The van der Waals surface area contributed by atoms with Gasteiger partial charge in [-0.15, -0.1) is 0 Å². The molecule has 1 aliphatic rings. The minimum absolute atomic E-state index is 0.0705. The summed E-state index contributed by atoms with van der Waals surface area (Å²) >= 11 is 0. The third-order valence-corrected chi connectivity index (χ3v) is 4.48. The molecule has 1 aromatic heterocycles. The summed E-state index contributed by atoms with van der Waals surface area (Å²) in [4.78, 5) is 34.6. The van der Waals surface area contributed by atoms with Crippen molar-refractivity contribution in [1.82, 2.24) is 14.9 Å². The number of hydrogen-bond acceptors (Lipinski definition) is 4. The van der Waals surface area contributed by atoms with Gasteiger partial charge in [0.2, 0.25) is 5.91 Å². The van der Waals surface area contributed by atoms with Gasteiger partial charge in [0.05, 0.1) is 5.92 Å². The predicted molar refractivity (Wildman–Crippen MR) is 94.8 cm³/mol. The topological polar surface area (TPSA) is 89.2 Å². The third kappa shape index (κ3) is 3.84. The molecule has 130 valence electrons. The van der Waals surface area contributed by atoms with Gasteiger partial charge in [0.25, 0.3) is 5.91 Å². The Balaban J connectivity index is 1.77. The van der Waals surface area contributed by atoms with E-state index in [1.807, 2.05) is 32.0 Å². The molecule has 6 nitrogen and oxygen atoms in total. The Bertz CT molecular complexity index is 781. The van der Waals surface area contributed by atoms with Gasteiger partial charge in [0, 0.05) is 35.6 Å². The molecule has 1 saturated heterocycles. The number of nitrogens with zero attached hydrogens (tertiary/aromatic N) is 3. The molecule has 0 saturated carbocycles. The summed E-state index contributed by atoms with van der Waals surface area (Å²) in [5.74, 6) is 0.00237. The Hall–Kier alpha value is -2.76. The van der Waals surface area contributed by atoms with Crippen LogP contribution in [-0.2, 0) is 4.79 Å². The van der Waals surface area contributed by atoms with E-state index >= 15 is 0 Å². The van der Waals surface area contributed by atoms with E-state index in [4.69, 9.17) is 5.73 Å². The summed E-state index contributed by atoms with van der Waals surface area (Å²) in [5.41, 5.74) is 8.68. The monoisotopic (exact) mass is 338 g/mol. The summed E-state index contributed by atoms with van der Waals surface area (Å²) in [6.07, 6.45) is 1.55. The lowest BCUT2D eigenvalue weighted by Gasteiger charge is -2.31. The number of hydrogen-bond donors (Lipinski definition) is 1. The van der Waals surface area contributed by atoms with Gasteiger partial charge in [0.1, 0.15) is 0 Å². The molecule has 3 rings (SSSR count). The van der Waals surface area contributed by atoms with Gasteiger partial charge >= 0.3 is 0 Å². The third-order valence-electron chi connectivity index (χ3n) is 4.48. The van der Waals surface area contributed by atoms with Crippen LogP contribution >= 0.6 is 0 Å². The van der Waals surface area contributed by atoms with Crippen LogP contribution < -0.4 is 5.73 Å². The van der Waals surface area contributed by atoms with Crippen LogP contribution in [0.4, 0.5) is 0 Å². The largest absolute Gasteiger partial charge is 0.369 e. The number of rotatable bonds is 3. The molecule has 0 spiro atoms. The van der Waals surface area contributed by atoms with Crippen LogP contribution in [0.25, 0.3) is 11.4 Å². The van der Waals surface area contributed by atoms with Crippen molar-refractivity contribution in [3.05, 3.63) is 47.3 Å². The van der Waals surface area contributed by atoms with E-state index in [0.29, 0.717) is 24.5 Å². The second kappa shape index (κ2) is 7.01. The molecule has 0 radical (unpaired) electrons. The van der Waals surface area contributed by atoms with E-state index < -0.39 is 0 Å². The zero-order valence-corrected chi connectivity index (χ0v) is 14.5. The average Bonchev–Trinajstić information content (AvgIpc) is 2.60. The van der Waals surface area contributed by atoms with Gasteiger partial charge in [0.15, 0.2) is 5.82 Å². The van der Waals surface area contributed by atoms with Gasteiger partial charge in [-0.1, -0.05) is 12.1 Å². The van der Waals surface area contributed by atoms with E-state index in [0.717, 1.165) is 29.8 Å². The van der Waals surface area contributed by atoms with Crippen LogP contribution in [0, 0.1) is 19.8 Å². The van der Waals surface area contributed by atoms with Crippen molar-refractivity contribution in [1.29, 1.82) is 0 Å². The fourth-order valence-corrected chi connectivity index (χ4v) is 3.19. The molecule has 1 fully saturated rings. The highest BCUT2D eigenvalue weighted by molar-refractivity contribution is 5.95. The second-order valence-corrected chi connectivity index (χ2v) is 6.54. The number of likely N-dealkylation sites (tertiary alicyclic amines) is 1. The number of nitrogens with two attached hydrogens (primary N) is 1. The predicted octanol–water partition coefficient (Wildman–Crippen LogP) is 2.10. The second-order valence-electron chi connectivity index (χ2n) is 6.54. The summed E-state index contributed by atoms with van der Waals surface area (Å²) in [7, 11) is 0. The number of benzene rings is 1. The molecule has 0 aliphatic carbocycles. The van der Waals surface area contributed by atoms with E-state index in [1.54, 1.807) is 17.0 Å². The first kappa shape index (κ1) is 17.1. The zero-order chi connectivity index (χ0) is 18.0. The molecule has 2 amide bonds. The summed E-state index contributed by atoms with van der Waals surface area (Å²) in [6, 6.07) is 9.21. The van der Waals surface area contributed by atoms with Gasteiger partial charge in [-0.3, -0.25) is 9.59 Å². The van der Waals surface area contributed by atoms with Crippen molar-refractivity contribution >= 4 is 11.8 Å². The highest BCUT2D eigenvalue weighted by atomic mass is 16.2. The van der Waals surface area contributed by atoms with Crippen molar-refractivity contribution in [3.8, 4) is 11.4 Å². The fourth-order valence-electron chi connectivity index (χ4n) is 3.19. The van der Waals surface area contributed by atoms with Crippen LogP contribution in [0.1, 0.15) is 34.6 Å². The molecule has 0 bridgehead atoms. The standard InChI is InChI=1S/C19H22N4O2/c1-12-10-13(2)22-18(21-12)14-5-7-15(8-6-14)19(25)23-9-3-4-16(11-23)17(20)24/h5-8,10,16H,3-4,9,11H2,1-2H3,(H2,20,24). The normalized spacial score (nSPS) is 17.4. The van der Waals surface area contributed by atoms with Crippen molar-refractivity contribution < 1.29 is 9.59 Å². The molecule has 1 aromatic carbocycles. The minimum Gasteiger partial charge on any atom is -0.369 e. The molecule has 1 unspecified atom stereocenters. The molecule has 2 N–H and O–H groups in total. The molecule has 2 heterocycles. The van der Waals surface area contributed by atoms with E-state index in [1.165, 1.54) is 0 Å². The summed E-state index contributed by atoms with van der Waals surface area (Å²) in [6.45, 7) is 4.92. The first-order valence-electron chi connectivity index (χ1n) is 8.45. The quantitative estimate of drug-likeness (QED) is 0.928. The lowest BCUT2D eigenvalue weighted by atomic mass is 9.97. The lowest BCUT2D eigenvalue weighted by Crippen LogP contribution is -2.44. The molecular weight excluding hydrogens is 316 g/mol. The van der Waals surface area contributed by atoms with E-state index in [9.17, 15) is 9.59 Å². The number of carbonyl (C=O) groups excluding carboxylic acids is 2. The molecule has 2 aromatic rings. The molecule has 1 aliphatic heterocycles. The SMILES string of the molecule is Cc1cc(C)nc(-c2ccc(C(=O)N3CCCC(C(N)=O)C3)cc2)n1. The van der Waals surface area contributed by atoms with Crippen LogP contribution in [0.2, 0.25) is 0 Å². The smallest absolute Gasteiger partial charge is 0.253 e. The Morgan fingerprint density at radius 3 is 2.36 bits per heavy atom. The van der Waals surface area contributed by atoms with Gasteiger partial charge in [-0.05, 0) is 44.9 Å². The van der Waals surface area contributed by atoms with Crippen LogP contribution in [0.5, 0.6) is 0 Å². The minimum atomic E-state index is -0.334. The number of piperidine rings is 1. The number of aromatic nitrogens is 2. The zero-order valence-electron chi connectivity index (χ0n) is 14.5. The summed E-state index contributed by atoms with van der Waals surface area (Å²) in [5, 5.41) is 0. The number of carbonyl (C=O) groups is 2. The molecule has 6 heteroatoms. The Kier molecular flexibility index (Phi) is 4.79. The maximum atomic E-state index is 12.7. The highest BCUT2D eigenvalue weighted by Crippen LogP contribution is 2.21. The molecule has 1 atom stereocenters.